The molecule has 0 bridgehead atoms. The maximum Gasteiger partial charge on any atom is 0.251 e. The molecule has 0 aromatic heterocycles. The number of hydrogen-bond acceptors (Lipinski definition) is 5. The highest BCUT2D eigenvalue weighted by Crippen LogP contribution is 2.62. The molecule has 4 rings (SSSR count). The largest absolute Gasteiger partial charge is 0.348 e. The lowest BCUT2D eigenvalue weighted by Gasteiger charge is -2.27. The van der Waals surface area contributed by atoms with E-state index in [1.165, 1.54) is 24.3 Å². The third kappa shape index (κ3) is 4.12. The number of sulfone groups is 1. The van der Waals surface area contributed by atoms with Crippen molar-refractivity contribution in [2.75, 3.05) is 5.75 Å². The third-order valence-corrected chi connectivity index (χ3v) is 9.50. The molecule has 3 aromatic carbocycles. The maximum absolute atomic E-state index is 13.3. The molecule has 162 valence electrons. The van der Waals surface area contributed by atoms with E-state index in [1.54, 1.807) is 24.3 Å². The first-order valence-electron chi connectivity index (χ1n) is 9.72. The van der Waals surface area contributed by atoms with Gasteiger partial charge in [-0.1, -0.05) is 54.1 Å². The molecule has 0 saturated carbocycles. The molecule has 8 heteroatoms. The van der Waals surface area contributed by atoms with Gasteiger partial charge in [-0.25, -0.2) is 8.42 Å². The number of fused-ring (bicyclic) bond motifs is 1. The van der Waals surface area contributed by atoms with Crippen LogP contribution < -0.4 is 5.32 Å². The SMILES string of the molecule is Cc1cccc(CNC(=O)c2cccc3c2C(S(=O)(=O)c2ccccc2)CS3(O)O)c1. The van der Waals surface area contributed by atoms with Crippen LogP contribution in [0, 0.1) is 6.92 Å². The standard InChI is InChI=1S/C23H23NO5S2/c1-16-7-5-8-17(13-16)14-24-23(25)19-11-6-12-20-22(19)21(15-30(20,26)27)31(28,29)18-9-3-2-4-10-18/h2-13,21,26-27H,14-15H2,1H3,(H,24,25). The van der Waals surface area contributed by atoms with Gasteiger partial charge in [0.25, 0.3) is 5.91 Å². The van der Waals surface area contributed by atoms with Gasteiger partial charge in [0, 0.05) is 17.7 Å². The summed E-state index contributed by atoms with van der Waals surface area (Å²) in [6.45, 7) is 2.23. The summed E-state index contributed by atoms with van der Waals surface area (Å²) in [7, 11) is -7.26. The van der Waals surface area contributed by atoms with E-state index in [2.05, 4.69) is 5.32 Å². The van der Waals surface area contributed by atoms with Gasteiger partial charge in [0.15, 0.2) is 9.84 Å². The van der Waals surface area contributed by atoms with Crippen molar-refractivity contribution in [3.05, 3.63) is 95.1 Å². The van der Waals surface area contributed by atoms with E-state index in [1.807, 2.05) is 31.2 Å². The van der Waals surface area contributed by atoms with E-state index in [0.717, 1.165) is 11.1 Å². The fraction of sp³-hybridized carbons (Fsp3) is 0.174. The van der Waals surface area contributed by atoms with E-state index in [4.69, 9.17) is 0 Å². The molecule has 0 aliphatic carbocycles. The van der Waals surface area contributed by atoms with Crippen molar-refractivity contribution in [3.63, 3.8) is 0 Å². The number of carbonyl (C=O) groups is 1. The summed E-state index contributed by atoms with van der Waals surface area (Å²) in [6, 6.07) is 20.1. The topological polar surface area (TPSA) is 104 Å². The highest BCUT2D eigenvalue weighted by Gasteiger charge is 2.45. The first-order valence-corrected chi connectivity index (χ1v) is 13.0. The zero-order chi connectivity index (χ0) is 22.2. The molecule has 1 atom stereocenters. The zero-order valence-electron chi connectivity index (χ0n) is 16.9. The van der Waals surface area contributed by atoms with Crippen molar-refractivity contribution in [1.29, 1.82) is 0 Å². The number of nitrogens with one attached hydrogen (secondary N) is 1. The maximum atomic E-state index is 13.3. The van der Waals surface area contributed by atoms with Crippen molar-refractivity contribution in [2.45, 2.75) is 28.5 Å². The van der Waals surface area contributed by atoms with Gasteiger partial charge in [0.1, 0.15) is 5.25 Å². The Labute approximate surface area is 183 Å². The molecule has 1 amide bonds. The minimum absolute atomic E-state index is 0.0815. The van der Waals surface area contributed by atoms with E-state index >= 15 is 0 Å². The number of aryl methyl sites for hydroxylation is 1. The van der Waals surface area contributed by atoms with Crippen LogP contribution in [0.1, 0.15) is 32.3 Å². The van der Waals surface area contributed by atoms with Crippen LogP contribution in [0.15, 0.2) is 82.6 Å². The lowest BCUT2D eigenvalue weighted by molar-refractivity contribution is 0.0949. The average Bonchev–Trinajstić information content (AvgIpc) is 3.04. The lowest BCUT2D eigenvalue weighted by atomic mass is 10.0. The van der Waals surface area contributed by atoms with Gasteiger partial charge in [-0.2, -0.15) is 10.6 Å². The summed E-state index contributed by atoms with van der Waals surface area (Å²) in [5.74, 6) is -0.814. The number of hydrogen-bond donors (Lipinski definition) is 3. The minimum Gasteiger partial charge on any atom is -0.348 e. The molecule has 0 radical (unpaired) electrons. The third-order valence-electron chi connectivity index (χ3n) is 5.35. The van der Waals surface area contributed by atoms with Crippen LogP contribution in [0.4, 0.5) is 0 Å². The van der Waals surface area contributed by atoms with Gasteiger partial charge in [-0.05, 0) is 36.8 Å². The Balaban J connectivity index is 1.72. The quantitative estimate of drug-likeness (QED) is 0.521. The van der Waals surface area contributed by atoms with Crippen LogP contribution >= 0.6 is 10.6 Å². The summed E-state index contributed by atoms with van der Waals surface area (Å²) >= 11 is 0. The first kappa shape index (κ1) is 21.6. The van der Waals surface area contributed by atoms with Crippen molar-refractivity contribution in [3.8, 4) is 0 Å². The molecule has 3 aromatic rings. The minimum atomic E-state index is -3.93. The molecule has 0 fully saturated rings. The van der Waals surface area contributed by atoms with Crippen molar-refractivity contribution in [2.24, 2.45) is 0 Å². The number of rotatable bonds is 5. The highest BCUT2D eigenvalue weighted by molar-refractivity contribution is 8.25. The lowest BCUT2D eigenvalue weighted by Crippen LogP contribution is -2.25. The zero-order valence-corrected chi connectivity index (χ0v) is 18.5. The second-order valence-electron chi connectivity index (χ2n) is 7.57. The predicted molar refractivity (Wildman–Crippen MR) is 121 cm³/mol. The Morgan fingerprint density at radius 3 is 2.45 bits per heavy atom. The summed E-state index contributed by atoms with van der Waals surface area (Å²) in [5, 5.41) is 1.61. The number of amides is 1. The summed E-state index contributed by atoms with van der Waals surface area (Å²) in [6.07, 6.45) is 0. The fourth-order valence-electron chi connectivity index (χ4n) is 3.86. The average molecular weight is 458 g/mol. The molecule has 31 heavy (non-hydrogen) atoms. The summed E-state index contributed by atoms with van der Waals surface area (Å²) in [5.41, 5.74) is 2.30. The van der Waals surface area contributed by atoms with Crippen molar-refractivity contribution < 1.29 is 22.3 Å². The van der Waals surface area contributed by atoms with Gasteiger partial charge >= 0.3 is 0 Å². The molecule has 1 aliphatic heterocycles. The van der Waals surface area contributed by atoms with Crippen LogP contribution in [0.5, 0.6) is 0 Å². The molecule has 1 unspecified atom stereocenters. The van der Waals surface area contributed by atoms with Crippen molar-refractivity contribution in [1.82, 2.24) is 5.32 Å². The van der Waals surface area contributed by atoms with Gasteiger partial charge in [0.2, 0.25) is 0 Å². The van der Waals surface area contributed by atoms with E-state index in [-0.39, 0.29) is 33.2 Å². The second kappa shape index (κ2) is 8.12. The van der Waals surface area contributed by atoms with Crippen LogP contribution in [-0.2, 0) is 16.4 Å². The van der Waals surface area contributed by atoms with Crippen molar-refractivity contribution >= 4 is 26.3 Å². The normalized spacial score (nSPS) is 18.2. The van der Waals surface area contributed by atoms with Crippen LogP contribution in [0.25, 0.3) is 0 Å². The van der Waals surface area contributed by atoms with Gasteiger partial charge in [-0.3, -0.25) is 13.9 Å². The van der Waals surface area contributed by atoms with E-state index in [0.29, 0.717) is 0 Å². The Bertz CT molecular complexity index is 1240. The molecule has 1 aliphatic rings. The van der Waals surface area contributed by atoms with E-state index in [9.17, 15) is 22.3 Å². The van der Waals surface area contributed by atoms with Crippen LogP contribution in [0.3, 0.4) is 0 Å². The van der Waals surface area contributed by atoms with Gasteiger partial charge in [0.05, 0.1) is 15.5 Å². The summed E-state index contributed by atoms with van der Waals surface area (Å²) in [4.78, 5) is 13.2. The Morgan fingerprint density at radius 2 is 1.74 bits per heavy atom. The molecule has 6 nitrogen and oxygen atoms in total. The molecule has 0 saturated heterocycles. The molecular weight excluding hydrogens is 434 g/mol. The second-order valence-corrected chi connectivity index (χ2v) is 11.8. The first-order chi connectivity index (χ1) is 14.7. The molecule has 3 N–H and O–H groups in total. The number of carbonyl (C=O) groups excluding carboxylic acids is 1. The smallest absolute Gasteiger partial charge is 0.251 e. The Hall–Kier alpha value is -2.65. The van der Waals surface area contributed by atoms with Crippen LogP contribution in [-0.4, -0.2) is 29.2 Å². The molecule has 0 spiro atoms. The number of benzene rings is 3. The van der Waals surface area contributed by atoms with Crippen LogP contribution in [0.2, 0.25) is 0 Å². The highest BCUT2D eigenvalue weighted by atomic mass is 32.3. The monoisotopic (exact) mass is 457 g/mol. The fourth-order valence-corrected chi connectivity index (χ4v) is 8.32. The Morgan fingerprint density at radius 1 is 1.03 bits per heavy atom. The Kier molecular flexibility index (Phi) is 5.65. The molecule has 1 heterocycles. The van der Waals surface area contributed by atoms with Gasteiger partial charge in [-0.15, -0.1) is 0 Å². The van der Waals surface area contributed by atoms with Gasteiger partial charge < -0.3 is 5.32 Å². The predicted octanol–water partition coefficient (Wildman–Crippen LogP) is 4.56. The van der Waals surface area contributed by atoms with E-state index < -0.39 is 31.6 Å². The molecular formula is C23H23NO5S2. The summed E-state index contributed by atoms with van der Waals surface area (Å²) < 4.78 is 47.9.